The first-order valence-electron chi connectivity index (χ1n) is 9.46. The van der Waals surface area contributed by atoms with Crippen LogP contribution in [-0.4, -0.2) is 77.9 Å². The third-order valence-corrected chi connectivity index (χ3v) is 8.04. The van der Waals surface area contributed by atoms with Crippen molar-refractivity contribution in [3.8, 4) is 0 Å². The van der Waals surface area contributed by atoms with Gasteiger partial charge < -0.3 is 10.1 Å². The van der Waals surface area contributed by atoms with Crippen molar-refractivity contribution in [3.05, 3.63) is 36.0 Å². The average molecular weight is 393 g/mol. The van der Waals surface area contributed by atoms with Gasteiger partial charge in [0.2, 0.25) is 0 Å². The molecule has 0 spiro atoms. The molecule has 0 unspecified atom stereocenters. The molecule has 3 heterocycles. The van der Waals surface area contributed by atoms with Crippen molar-refractivity contribution >= 4 is 21.1 Å². The molecule has 4 rings (SSSR count). The molecule has 0 aliphatic carbocycles. The van der Waals surface area contributed by atoms with Crippen molar-refractivity contribution in [2.24, 2.45) is 5.92 Å². The molecule has 2 N–H and O–H groups in total. The van der Waals surface area contributed by atoms with Crippen molar-refractivity contribution in [2.45, 2.75) is 25.0 Å². The summed E-state index contributed by atoms with van der Waals surface area (Å²) in [5.74, 6) is -0.0642. The fraction of sp³-hybridized carbons (Fsp3) is 0.579. The van der Waals surface area contributed by atoms with Crippen LogP contribution >= 0.6 is 0 Å². The number of aliphatic hydroxyl groups is 1. The largest absolute Gasteiger partial charge is 0.389 e. The van der Waals surface area contributed by atoms with Crippen LogP contribution in [-0.2, 0) is 16.8 Å². The molecule has 2 aliphatic heterocycles. The van der Waals surface area contributed by atoms with Gasteiger partial charge in [-0.3, -0.25) is 4.90 Å². The lowest BCUT2D eigenvalue weighted by molar-refractivity contribution is -0.103. The smallest absolute Gasteiger partial charge is 0.281 e. The summed E-state index contributed by atoms with van der Waals surface area (Å²) in [6.45, 7) is 3.12. The molecular formula is C19H28N4O3S. The second-order valence-corrected chi connectivity index (χ2v) is 10.2. The molecule has 2 aliphatic rings. The quantitative estimate of drug-likeness (QED) is 0.820. The van der Waals surface area contributed by atoms with E-state index in [4.69, 9.17) is 0 Å². The van der Waals surface area contributed by atoms with Gasteiger partial charge in [0.1, 0.15) is 0 Å². The normalized spacial score (nSPS) is 27.9. The Morgan fingerprint density at radius 2 is 2.00 bits per heavy atom. The van der Waals surface area contributed by atoms with Crippen molar-refractivity contribution in [3.63, 3.8) is 0 Å². The molecule has 2 saturated heterocycles. The minimum absolute atomic E-state index is 0.0642. The van der Waals surface area contributed by atoms with Gasteiger partial charge in [0.25, 0.3) is 10.2 Å². The van der Waals surface area contributed by atoms with Crippen molar-refractivity contribution < 1.29 is 13.5 Å². The topological polar surface area (TPSA) is 79.9 Å². The Hall–Kier alpha value is -1.45. The van der Waals surface area contributed by atoms with Crippen LogP contribution in [0.4, 0.5) is 0 Å². The summed E-state index contributed by atoms with van der Waals surface area (Å²) in [5, 5.41) is 12.2. The fourth-order valence-electron chi connectivity index (χ4n) is 4.38. The Morgan fingerprint density at radius 3 is 2.78 bits per heavy atom. The standard InChI is InChI=1S/C19H28N4O3S/c1-21(2)27(25,26)23-10-7-19(24)6-9-22(13-17(19)14-23)12-15-3-4-18-16(11-15)5-8-20-18/h3-5,8,11,17,20,24H,6-7,9-10,12-14H2,1-2H3/t17-,19-/m1/s1. The first-order valence-corrected chi connectivity index (χ1v) is 10.9. The number of piperidine rings is 2. The summed E-state index contributed by atoms with van der Waals surface area (Å²) in [5.41, 5.74) is 1.61. The predicted octanol–water partition coefficient (Wildman–Crippen LogP) is 1.23. The zero-order chi connectivity index (χ0) is 19.2. The Kier molecular flexibility index (Phi) is 4.80. The van der Waals surface area contributed by atoms with Crippen molar-refractivity contribution in [2.75, 3.05) is 40.3 Å². The van der Waals surface area contributed by atoms with Gasteiger partial charge in [-0.2, -0.15) is 17.0 Å². The van der Waals surface area contributed by atoms with Crippen LogP contribution < -0.4 is 0 Å². The Bertz CT molecular complexity index is 926. The highest BCUT2D eigenvalue weighted by Gasteiger charge is 2.47. The highest BCUT2D eigenvalue weighted by Crippen LogP contribution is 2.37. The van der Waals surface area contributed by atoms with Crippen LogP contribution in [0.2, 0.25) is 0 Å². The summed E-state index contributed by atoms with van der Waals surface area (Å²) < 4.78 is 27.7. The number of hydrogen-bond donors (Lipinski definition) is 2. The van der Waals surface area contributed by atoms with Gasteiger partial charge >= 0.3 is 0 Å². The summed E-state index contributed by atoms with van der Waals surface area (Å²) in [4.78, 5) is 5.54. The molecule has 148 valence electrons. The van der Waals surface area contributed by atoms with Gasteiger partial charge in [0, 0.05) is 64.5 Å². The van der Waals surface area contributed by atoms with E-state index in [2.05, 4.69) is 34.1 Å². The minimum atomic E-state index is -3.44. The van der Waals surface area contributed by atoms with Crippen LogP contribution in [0.15, 0.2) is 30.5 Å². The number of benzene rings is 1. The summed E-state index contributed by atoms with van der Waals surface area (Å²) in [7, 11) is -0.326. The summed E-state index contributed by atoms with van der Waals surface area (Å²) in [6.07, 6.45) is 3.14. The lowest BCUT2D eigenvalue weighted by atomic mass is 9.76. The van der Waals surface area contributed by atoms with Gasteiger partial charge in [-0.05, 0) is 42.0 Å². The summed E-state index contributed by atoms with van der Waals surface area (Å²) in [6, 6.07) is 8.48. The number of aromatic amines is 1. The number of aromatic nitrogens is 1. The number of fused-ring (bicyclic) bond motifs is 2. The third-order valence-electron chi connectivity index (χ3n) is 6.13. The Labute approximate surface area is 160 Å². The maximum absolute atomic E-state index is 12.5. The van der Waals surface area contributed by atoms with E-state index >= 15 is 0 Å². The van der Waals surface area contributed by atoms with E-state index in [1.807, 2.05) is 6.20 Å². The van der Waals surface area contributed by atoms with Crippen LogP contribution in [0.5, 0.6) is 0 Å². The van der Waals surface area contributed by atoms with E-state index in [9.17, 15) is 13.5 Å². The Morgan fingerprint density at radius 1 is 1.22 bits per heavy atom. The monoisotopic (exact) mass is 392 g/mol. The van der Waals surface area contributed by atoms with Crippen molar-refractivity contribution in [1.29, 1.82) is 0 Å². The molecule has 2 fully saturated rings. The molecule has 8 heteroatoms. The van der Waals surface area contributed by atoms with E-state index in [1.165, 1.54) is 19.6 Å². The van der Waals surface area contributed by atoms with Crippen LogP contribution in [0.3, 0.4) is 0 Å². The predicted molar refractivity (Wildman–Crippen MR) is 105 cm³/mol. The number of hydrogen-bond acceptors (Lipinski definition) is 4. The van der Waals surface area contributed by atoms with E-state index < -0.39 is 15.8 Å². The fourth-order valence-corrected chi connectivity index (χ4v) is 5.54. The molecule has 2 atom stereocenters. The second-order valence-electron chi connectivity index (χ2n) is 8.08. The maximum atomic E-state index is 12.5. The van der Waals surface area contributed by atoms with Crippen LogP contribution in [0.1, 0.15) is 18.4 Å². The van der Waals surface area contributed by atoms with Gasteiger partial charge in [-0.25, -0.2) is 0 Å². The van der Waals surface area contributed by atoms with E-state index in [0.29, 0.717) is 32.5 Å². The molecule has 27 heavy (non-hydrogen) atoms. The molecule has 1 aromatic carbocycles. The first-order chi connectivity index (χ1) is 12.8. The van der Waals surface area contributed by atoms with Crippen molar-refractivity contribution in [1.82, 2.24) is 18.5 Å². The number of likely N-dealkylation sites (tertiary alicyclic amines) is 1. The molecule has 0 saturated carbocycles. The van der Waals surface area contributed by atoms with Gasteiger partial charge in [0.15, 0.2) is 0 Å². The Balaban J connectivity index is 1.47. The van der Waals surface area contributed by atoms with E-state index in [1.54, 1.807) is 14.1 Å². The molecule has 2 aromatic rings. The number of rotatable bonds is 4. The van der Waals surface area contributed by atoms with E-state index in [-0.39, 0.29) is 5.92 Å². The molecule has 0 bridgehead atoms. The minimum Gasteiger partial charge on any atom is -0.389 e. The van der Waals surface area contributed by atoms with Crippen LogP contribution in [0.25, 0.3) is 10.9 Å². The van der Waals surface area contributed by atoms with E-state index in [0.717, 1.165) is 18.6 Å². The first kappa shape index (κ1) is 18.9. The maximum Gasteiger partial charge on any atom is 0.281 e. The number of H-pyrrole nitrogens is 1. The second kappa shape index (κ2) is 6.86. The lowest BCUT2D eigenvalue weighted by Crippen LogP contribution is -2.61. The molecule has 0 amide bonds. The number of nitrogens with one attached hydrogen (secondary N) is 1. The molecular weight excluding hydrogens is 364 g/mol. The highest BCUT2D eigenvalue weighted by atomic mass is 32.2. The highest BCUT2D eigenvalue weighted by molar-refractivity contribution is 7.86. The lowest BCUT2D eigenvalue weighted by Gasteiger charge is -2.50. The van der Waals surface area contributed by atoms with Gasteiger partial charge in [-0.1, -0.05) is 6.07 Å². The molecule has 7 nitrogen and oxygen atoms in total. The summed E-state index contributed by atoms with van der Waals surface area (Å²) >= 11 is 0. The van der Waals surface area contributed by atoms with Gasteiger partial charge in [-0.15, -0.1) is 0 Å². The van der Waals surface area contributed by atoms with Gasteiger partial charge in [0.05, 0.1) is 5.60 Å². The third kappa shape index (κ3) is 3.52. The van der Waals surface area contributed by atoms with Crippen LogP contribution in [0, 0.1) is 5.92 Å². The number of nitrogens with zero attached hydrogens (tertiary/aromatic N) is 3. The molecule has 1 aromatic heterocycles. The molecule has 0 radical (unpaired) electrons. The average Bonchev–Trinajstić information content (AvgIpc) is 3.09. The SMILES string of the molecule is CN(C)S(=O)(=O)N1CC[C@]2(O)CCN(Cc3ccc4[nH]ccc4c3)C[C@@H]2C1. The zero-order valence-electron chi connectivity index (χ0n) is 15.9. The zero-order valence-corrected chi connectivity index (χ0v) is 16.7.